The summed E-state index contributed by atoms with van der Waals surface area (Å²) >= 11 is 11.8. The van der Waals surface area contributed by atoms with E-state index in [-0.39, 0.29) is 39.1 Å². The van der Waals surface area contributed by atoms with E-state index in [0.29, 0.717) is 0 Å². The number of likely N-dealkylation sites (N-methyl/N-ethyl adjacent to an activating group) is 1. The van der Waals surface area contributed by atoms with Crippen LogP contribution in [0.1, 0.15) is 37.7 Å². The lowest BCUT2D eigenvalue weighted by molar-refractivity contribution is 0.0988. The second kappa shape index (κ2) is 10.1. The maximum atomic E-state index is 14.3. The zero-order chi connectivity index (χ0) is 23.5. The Morgan fingerprint density at radius 1 is 1.09 bits per heavy atom. The minimum atomic E-state index is -0.883. The van der Waals surface area contributed by atoms with Gasteiger partial charge in [-0.1, -0.05) is 29.3 Å². The molecule has 0 bridgehead atoms. The summed E-state index contributed by atoms with van der Waals surface area (Å²) in [7, 11) is 2.12. The number of halogens is 3. The van der Waals surface area contributed by atoms with Crippen molar-refractivity contribution in [3.63, 3.8) is 0 Å². The zero-order valence-electron chi connectivity index (χ0n) is 18.1. The van der Waals surface area contributed by atoms with Gasteiger partial charge in [-0.3, -0.25) is 19.5 Å². The Hall–Kier alpha value is -2.58. The number of rotatable bonds is 7. The number of nitrogens with zero attached hydrogens (tertiary/aromatic N) is 3. The highest BCUT2D eigenvalue weighted by atomic mass is 35.5. The van der Waals surface area contributed by atoms with Crippen molar-refractivity contribution in [2.75, 3.05) is 33.2 Å². The molecule has 0 radical (unpaired) electrons. The fraction of sp³-hybridized carbons (Fsp3) is 0.292. The van der Waals surface area contributed by atoms with Crippen LogP contribution in [-0.4, -0.2) is 64.6 Å². The first-order valence-electron chi connectivity index (χ1n) is 10.6. The number of piperazine rings is 1. The van der Waals surface area contributed by atoms with Gasteiger partial charge in [-0.15, -0.1) is 0 Å². The molecular formula is C24H23Cl2FN4O2. The van der Waals surface area contributed by atoms with Gasteiger partial charge in [-0.2, -0.15) is 0 Å². The SMILES string of the molecule is CN1CCN(Cc2ccc(CC(=O)c3cc(C(=O)c4c(Cl)ccc(Cl)c4F)c[nH]3)cn2)CC1. The first kappa shape index (κ1) is 23.6. The molecule has 6 nitrogen and oxygen atoms in total. The summed E-state index contributed by atoms with van der Waals surface area (Å²) < 4.78 is 14.3. The topological polar surface area (TPSA) is 69.3 Å². The van der Waals surface area contributed by atoms with Gasteiger partial charge in [0.15, 0.2) is 17.4 Å². The van der Waals surface area contributed by atoms with E-state index in [1.165, 1.54) is 24.4 Å². The maximum Gasteiger partial charge on any atom is 0.199 e. The Morgan fingerprint density at radius 3 is 2.52 bits per heavy atom. The number of benzene rings is 1. The number of aromatic amines is 1. The van der Waals surface area contributed by atoms with E-state index in [0.717, 1.165) is 44.0 Å². The van der Waals surface area contributed by atoms with Crippen molar-refractivity contribution in [2.45, 2.75) is 13.0 Å². The average Bonchev–Trinajstić information content (AvgIpc) is 3.30. The molecule has 172 valence electrons. The highest BCUT2D eigenvalue weighted by molar-refractivity contribution is 6.37. The van der Waals surface area contributed by atoms with Gasteiger partial charge in [-0.05, 0) is 36.9 Å². The van der Waals surface area contributed by atoms with Gasteiger partial charge in [-0.25, -0.2) is 4.39 Å². The molecule has 0 saturated carbocycles. The van der Waals surface area contributed by atoms with Gasteiger partial charge in [0.2, 0.25) is 0 Å². The number of hydrogen-bond donors (Lipinski definition) is 1. The van der Waals surface area contributed by atoms with Crippen molar-refractivity contribution in [1.29, 1.82) is 0 Å². The second-order valence-electron chi connectivity index (χ2n) is 8.19. The number of Topliss-reactive ketones (excluding diaryl/α,β-unsaturated/α-hetero) is 1. The standard InChI is InChI=1S/C24H23Cl2FN4O2/c1-30-6-8-31(9-7-30)14-17-3-2-15(12-28-17)10-21(32)20-11-16(13-29-20)24(33)22-18(25)4-5-19(26)23(22)27/h2-5,11-13,29H,6-10,14H2,1H3. The van der Waals surface area contributed by atoms with Crippen LogP contribution in [0.25, 0.3) is 0 Å². The molecule has 3 aromatic rings. The molecule has 0 unspecified atom stereocenters. The molecular weight excluding hydrogens is 466 g/mol. The van der Waals surface area contributed by atoms with E-state index in [9.17, 15) is 14.0 Å². The third-order valence-electron chi connectivity index (χ3n) is 5.75. The second-order valence-corrected chi connectivity index (χ2v) is 9.00. The predicted octanol–water partition coefficient (Wildman–Crippen LogP) is 4.26. The summed E-state index contributed by atoms with van der Waals surface area (Å²) in [5.74, 6) is -1.74. The van der Waals surface area contributed by atoms with E-state index in [1.807, 2.05) is 12.1 Å². The monoisotopic (exact) mass is 488 g/mol. The normalized spacial score (nSPS) is 15.0. The minimum absolute atomic E-state index is 0.0429. The third-order valence-corrected chi connectivity index (χ3v) is 6.36. The molecule has 1 aliphatic heterocycles. The van der Waals surface area contributed by atoms with E-state index in [2.05, 4.69) is 26.8 Å². The van der Waals surface area contributed by atoms with Crippen LogP contribution in [0.5, 0.6) is 0 Å². The van der Waals surface area contributed by atoms with Crippen molar-refractivity contribution in [3.8, 4) is 0 Å². The first-order chi connectivity index (χ1) is 15.8. The van der Waals surface area contributed by atoms with Crippen molar-refractivity contribution >= 4 is 34.8 Å². The summed E-state index contributed by atoms with van der Waals surface area (Å²) in [6.07, 6.45) is 3.20. The number of hydrogen-bond acceptors (Lipinski definition) is 5. The van der Waals surface area contributed by atoms with Gasteiger partial charge in [0.25, 0.3) is 0 Å². The molecule has 4 rings (SSSR count). The Bertz CT molecular complexity index is 1170. The summed E-state index contributed by atoms with van der Waals surface area (Å²) in [4.78, 5) is 37.4. The fourth-order valence-electron chi connectivity index (χ4n) is 3.73. The van der Waals surface area contributed by atoms with Crippen LogP contribution in [0.4, 0.5) is 4.39 Å². The highest BCUT2D eigenvalue weighted by Crippen LogP contribution is 2.28. The van der Waals surface area contributed by atoms with Crippen molar-refractivity contribution in [1.82, 2.24) is 19.8 Å². The summed E-state index contributed by atoms with van der Waals surface area (Å²) in [5, 5.41) is -0.239. The van der Waals surface area contributed by atoms with Crippen LogP contribution in [-0.2, 0) is 13.0 Å². The van der Waals surface area contributed by atoms with Crippen LogP contribution in [0.2, 0.25) is 10.0 Å². The van der Waals surface area contributed by atoms with Crippen molar-refractivity contribution in [2.24, 2.45) is 0 Å². The van der Waals surface area contributed by atoms with Crippen molar-refractivity contribution < 1.29 is 14.0 Å². The number of ketones is 2. The Labute approximate surface area is 201 Å². The van der Waals surface area contributed by atoms with E-state index >= 15 is 0 Å². The average molecular weight is 489 g/mol. The van der Waals surface area contributed by atoms with Gasteiger partial charge >= 0.3 is 0 Å². The number of carbonyl (C=O) groups excluding carboxylic acids is 2. The maximum absolute atomic E-state index is 14.3. The quantitative estimate of drug-likeness (QED) is 0.397. The summed E-state index contributed by atoms with van der Waals surface area (Å²) in [6, 6.07) is 7.88. The Balaban J connectivity index is 1.40. The fourth-order valence-corrected chi connectivity index (χ4v) is 4.12. The molecule has 1 saturated heterocycles. The number of carbonyl (C=O) groups is 2. The Morgan fingerprint density at radius 2 is 1.82 bits per heavy atom. The van der Waals surface area contributed by atoms with Crippen LogP contribution in [0.3, 0.4) is 0 Å². The molecule has 0 atom stereocenters. The number of pyridine rings is 1. The third kappa shape index (κ3) is 5.50. The van der Waals surface area contributed by atoms with Crippen LogP contribution in [0, 0.1) is 5.82 Å². The molecule has 1 aliphatic rings. The molecule has 1 N–H and O–H groups in total. The highest BCUT2D eigenvalue weighted by Gasteiger charge is 2.22. The lowest BCUT2D eigenvalue weighted by Crippen LogP contribution is -2.44. The van der Waals surface area contributed by atoms with Crippen LogP contribution in [0.15, 0.2) is 42.7 Å². The minimum Gasteiger partial charge on any atom is -0.358 e. The van der Waals surface area contributed by atoms with Gasteiger partial charge in [0.05, 0.1) is 27.0 Å². The molecule has 1 aromatic carbocycles. The molecule has 0 spiro atoms. The largest absolute Gasteiger partial charge is 0.358 e. The van der Waals surface area contributed by atoms with Crippen LogP contribution >= 0.6 is 23.2 Å². The molecule has 3 heterocycles. The van der Waals surface area contributed by atoms with E-state index < -0.39 is 11.6 Å². The van der Waals surface area contributed by atoms with E-state index in [1.54, 1.807) is 6.20 Å². The first-order valence-corrected chi connectivity index (χ1v) is 11.3. The van der Waals surface area contributed by atoms with Crippen LogP contribution < -0.4 is 0 Å². The van der Waals surface area contributed by atoms with Gasteiger partial charge in [0, 0.05) is 57.1 Å². The Kier molecular flexibility index (Phi) is 7.24. The molecule has 9 heteroatoms. The molecule has 1 fully saturated rings. The zero-order valence-corrected chi connectivity index (χ0v) is 19.6. The number of nitrogens with one attached hydrogen (secondary N) is 1. The molecule has 0 amide bonds. The number of H-pyrrole nitrogens is 1. The molecule has 33 heavy (non-hydrogen) atoms. The molecule has 2 aromatic heterocycles. The predicted molar refractivity (Wildman–Crippen MR) is 126 cm³/mol. The molecule has 0 aliphatic carbocycles. The van der Waals surface area contributed by atoms with Gasteiger partial charge in [0.1, 0.15) is 0 Å². The smallest absolute Gasteiger partial charge is 0.199 e. The van der Waals surface area contributed by atoms with Gasteiger partial charge < -0.3 is 9.88 Å². The van der Waals surface area contributed by atoms with E-state index in [4.69, 9.17) is 23.2 Å². The lowest BCUT2D eigenvalue weighted by atomic mass is 10.0. The summed E-state index contributed by atoms with van der Waals surface area (Å²) in [6.45, 7) is 4.90. The summed E-state index contributed by atoms with van der Waals surface area (Å²) in [5.41, 5.74) is 1.79. The lowest BCUT2D eigenvalue weighted by Gasteiger charge is -2.32. The number of aromatic nitrogens is 2. The van der Waals surface area contributed by atoms with Crippen molar-refractivity contribution in [3.05, 3.63) is 86.7 Å².